The fraction of sp³-hybridized carbons (Fsp3) is 0.143. The molecule has 0 unspecified atom stereocenters. The number of benzene rings is 2. The number of hydrogen-bond acceptors (Lipinski definition) is 4. The average molecular weight is 393 g/mol. The molecule has 0 saturated carbocycles. The van der Waals surface area contributed by atoms with Gasteiger partial charge in [-0.1, -0.05) is 36.4 Å². The molecule has 1 aliphatic rings. The predicted molar refractivity (Wildman–Crippen MR) is 107 cm³/mol. The molecule has 0 spiro atoms. The van der Waals surface area contributed by atoms with Crippen LogP contribution in [0.15, 0.2) is 71.9 Å². The van der Waals surface area contributed by atoms with Crippen molar-refractivity contribution in [2.24, 2.45) is 0 Å². The number of allylic oxidation sites excluding steroid dienone is 1. The maximum Gasteiger partial charge on any atom is 0.264 e. The van der Waals surface area contributed by atoms with Gasteiger partial charge in [0.25, 0.3) is 15.9 Å². The van der Waals surface area contributed by atoms with Crippen LogP contribution in [0.4, 0.5) is 0 Å². The largest absolute Gasteiger partial charge is 0.268 e. The smallest absolute Gasteiger partial charge is 0.264 e. The molecule has 1 aromatic heterocycles. The molecule has 4 rings (SSSR count). The quantitative estimate of drug-likeness (QED) is 0.723. The van der Waals surface area contributed by atoms with Gasteiger partial charge in [-0.25, -0.2) is 13.1 Å². The highest BCUT2D eigenvalue weighted by Gasteiger charge is 2.24. The molecule has 28 heavy (non-hydrogen) atoms. The summed E-state index contributed by atoms with van der Waals surface area (Å²) >= 11 is 0. The number of amides is 1. The van der Waals surface area contributed by atoms with Crippen LogP contribution in [0.1, 0.15) is 33.5 Å². The molecule has 0 aliphatic heterocycles. The lowest BCUT2D eigenvalue weighted by Crippen LogP contribution is -2.32. The Morgan fingerprint density at radius 2 is 1.82 bits per heavy atom. The van der Waals surface area contributed by atoms with Gasteiger partial charge in [0.05, 0.1) is 11.4 Å². The summed E-state index contributed by atoms with van der Waals surface area (Å²) in [6, 6.07) is 16.3. The zero-order chi connectivity index (χ0) is 19.6. The number of hydrogen-bond donors (Lipinski definition) is 1. The highest BCUT2D eigenvalue weighted by atomic mass is 32.2. The van der Waals surface area contributed by atoms with Crippen molar-refractivity contribution in [3.63, 3.8) is 0 Å². The number of carbonyl (C=O) groups excluding carboxylic acids is 1. The van der Waals surface area contributed by atoms with E-state index in [1.807, 2.05) is 36.5 Å². The highest BCUT2D eigenvalue weighted by molar-refractivity contribution is 7.94. The van der Waals surface area contributed by atoms with Crippen molar-refractivity contribution in [2.45, 2.75) is 19.4 Å². The zero-order valence-corrected chi connectivity index (χ0v) is 15.9. The second-order valence-electron chi connectivity index (χ2n) is 6.64. The molecular formula is C21H19N3O3S. The molecular weight excluding hydrogens is 374 g/mol. The van der Waals surface area contributed by atoms with E-state index in [1.165, 1.54) is 0 Å². The number of sulfonamides is 1. The molecule has 1 heterocycles. The Labute approximate surface area is 163 Å². The summed E-state index contributed by atoms with van der Waals surface area (Å²) in [7, 11) is -3.88. The van der Waals surface area contributed by atoms with Crippen LogP contribution in [0.2, 0.25) is 0 Å². The van der Waals surface area contributed by atoms with Crippen molar-refractivity contribution in [3.8, 4) is 0 Å². The molecule has 7 heteroatoms. The summed E-state index contributed by atoms with van der Waals surface area (Å²) in [6.45, 7) is 0.583. The molecule has 0 radical (unpaired) electrons. The van der Waals surface area contributed by atoms with Gasteiger partial charge in [0.15, 0.2) is 0 Å². The maximum atomic E-state index is 12.6. The molecule has 0 atom stereocenters. The summed E-state index contributed by atoms with van der Waals surface area (Å²) < 4.78 is 29.2. The summed E-state index contributed by atoms with van der Waals surface area (Å²) in [5, 5.41) is 4.14. The molecule has 0 fully saturated rings. The van der Waals surface area contributed by atoms with Crippen molar-refractivity contribution in [1.82, 2.24) is 14.5 Å². The van der Waals surface area contributed by atoms with E-state index in [4.69, 9.17) is 0 Å². The number of nitrogens with zero attached hydrogens (tertiary/aromatic N) is 2. The minimum absolute atomic E-state index is 0.231. The van der Waals surface area contributed by atoms with E-state index in [1.54, 1.807) is 41.2 Å². The lowest BCUT2D eigenvalue weighted by Gasteiger charge is -2.17. The Morgan fingerprint density at radius 3 is 2.57 bits per heavy atom. The van der Waals surface area contributed by atoms with E-state index in [9.17, 15) is 13.2 Å². The van der Waals surface area contributed by atoms with Crippen LogP contribution in [-0.2, 0) is 23.0 Å². The number of aryl methyl sites for hydroxylation is 1. The van der Waals surface area contributed by atoms with Crippen molar-refractivity contribution in [1.29, 1.82) is 0 Å². The van der Waals surface area contributed by atoms with Crippen LogP contribution in [0.5, 0.6) is 0 Å². The van der Waals surface area contributed by atoms with E-state index in [0.29, 0.717) is 24.9 Å². The Bertz CT molecular complexity index is 1130. The topological polar surface area (TPSA) is 81.1 Å². The molecule has 1 aliphatic carbocycles. The molecule has 142 valence electrons. The number of aromatic nitrogens is 2. The fourth-order valence-corrected chi connectivity index (χ4v) is 4.35. The number of fused-ring (bicyclic) bond motifs is 1. The molecule has 2 aromatic carbocycles. The normalized spacial score (nSPS) is 13.5. The minimum atomic E-state index is -3.88. The Kier molecular flexibility index (Phi) is 4.83. The van der Waals surface area contributed by atoms with Gasteiger partial charge in [0, 0.05) is 18.0 Å². The van der Waals surface area contributed by atoms with Crippen LogP contribution >= 0.6 is 0 Å². The van der Waals surface area contributed by atoms with Gasteiger partial charge < -0.3 is 0 Å². The van der Waals surface area contributed by atoms with Crippen molar-refractivity contribution < 1.29 is 13.2 Å². The third kappa shape index (κ3) is 3.89. The fourth-order valence-electron chi connectivity index (χ4n) is 3.21. The van der Waals surface area contributed by atoms with Crippen LogP contribution in [0.3, 0.4) is 0 Å². The zero-order valence-electron chi connectivity index (χ0n) is 15.1. The number of nitrogens with one attached hydrogen (secondary N) is 1. The van der Waals surface area contributed by atoms with Crippen molar-refractivity contribution >= 4 is 22.0 Å². The minimum Gasteiger partial charge on any atom is -0.268 e. The summed E-state index contributed by atoms with van der Waals surface area (Å²) in [6.07, 6.45) is 6.21. The van der Waals surface area contributed by atoms with Crippen LogP contribution in [-0.4, -0.2) is 24.1 Å². The molecule has 0 bridgehead atoms. The first kappa shape index (κ1) is 18.2. The Morgan fingerprint density at radius 1 is 1.04 bits per heavy atom. The lowest BCUT2D eigenvalue weighted by molar-refractivity contribution is 0.0981. The highest BCUT2D eigenvalue weighted by Crippen LogP contribution is 2.26. The SMILES string of the molecule is O=C(NS(=O)(=O)C1=Cc2ccccc2CC1)c1ccc(Cn2cccn2)cc1. The maximum absolute atomic E-state index is 12.6. The van der Waals surface area contributed by atoms with Gasteiger partial charge in [0.2, 0.25) is 0 Å². The van der Waals surface area contributed by atoms with Gasteiger partial charge in [-0.3, -0.25) is 9.48 Å². The van der Waals surface area contributed by atoms with Crippen molar-refractivity contribution in [3.05, 3.63) is 94.1 Å². The molecule has 1 N–H and O–H groups in total. The molecule has 0 saturated heterocycles. The average Bonchev–Trinajstić information content (AvgIpc) is 3.21. The lowest BCUT2D eigenvalue weighted by atomic mass is 9.98. The first-order valence-corrected chi connectivity index (χ1v) is 10.4. The summed E-state index contributed by atoms with van der Waals surface area (Å²) in [5.41, 5.74) is 3.25. The molecule has 6 nitrogen and oxygen atoms in total. The van der Waals surface area contributed by atoms with Crippen molar-refractivity contribution in [2.75, 3.05) is 0 Å². The summed E-state index contributed by atoms with van der Waals surface area (Å²) in [5.74, 6) is -0.634. The third-order valence-electron chi connectivity index (χ3n) is 4.70. The van der Waals surface area contributed by atoms with Gasteiger partial charge in [-0.15, -0.1) is 0 Å². The summed E-state index contributed by atoms with van der Waals surface area (Å²) in [4.78, 5) is 12.7. The molecule has 3 aromatic rings. The monoisotopic (exact) mass is 393 g/mol. The van der Waals surface area contributed by atoms with E-state index < -0.39 is 15.9 Å². The van der Waals surface area contributed by atoms with E-state index in [2.05, 4.69) is 9.82 Å². The number of carbonyl (C=O) groups is 1. The van der Waals surface area contributed by atoms with Crippen LogP contribution in [0.25, 0.3) is 6.08 Å². The third-order valence-corrected chi connectivity index (χ3v) is 6.17. The second kappa shape index (κ2) is 7.44. The van der Waals surface area contributed by atoms with E-state index >= 15 is 0 Å². The van der Waals surface area contributed by atoms with Crippen LogP contribution < -0.4 is 4.72 Å². The van der Waals surface area contributed by atoms with E-state index in [0.717, 1.165) is 16.7 Å². The Balaban J connectivity index is 1.48. The number of rotatable bonds is 5. The van der Waals surface area contributed by atoms with Gasteiger partial charge in [-0.2, -0.15) is 5.10 Å². The van der Waals surface area contributed by atoms with E-state index in [-0.39, 0.29) is 4.91 Å². The van der Waals surface area contributed by atoms with Gasteiger partial charge >= 0.3 is 0 Å². The standard InChI is InChI=1S/C21H19N3O3S/c25-21(18-8-6-16(7-9-18)15-24-13-3-12-22-24)23-28(26,27)20-11-10-17-4-1-2-5-19(17)14-20/h1-9,12-14H,10-11,15H2,(H,23,25). The predicted octanol–water partition coefficient (Wildman–Crippen LogP) is 2.98. The second-order valence-corrected chi connectivity index (χ2v) is 8.38. The first-order valence-electron chi connectivity index (χ1n) is 8.93. The van der Waals surface area contributed by atoms with Crippen LogP contribution in [0, 0.1) is 0 Å². The Hall–Kier alpha value is -3.19. The first-order chi connectivity index (χ1) is 13.5. The van der Waals surface area contributed by atoms with Gasteiger partial charge in [-0.05, 0) is 53.8 Å². The van der Waals surface area contributed by atoms with Gasteiger partial charge in [0.1, 0.15) is 0 Å². The molecule has 1 amide bonds.